The van der Waals surface area contributed by atoms with Gasteiger partial charge in [0, 0.05) is 18.8 Å². The Morgan fingerprint density at radius 2 is 2.42 bits per heavy atom. The van der Waals surface area contributed by atoms with Crippen LogP contribution in [0, 0.1) is 10.1 Å². The molecule has 4 nitrogen and oxygen atoms in total. The van der Waals surface area contributed by atoms with Gasteiger partial charge in [-0.1, -0.05) is 0 Å². The van der Waals surface area contributed by atoms with E-state index in [-0.39, 0.29) is 10.6 Å². The lowest BCUT2D eigenvalue weighted by atomic mass is 10.6. The predicted molar refractivity (Wildman–Crippen MR) is 48.5 cm³/mol. The quantitative estimate of drug-likeness (QED) is 0.413. The van der Waals surface area contributed by atoms with Crippen molar-refractivity contribution in [3.63, 3.8) is 0 Å². The Bertz CT molecular complexity index is 296. The maximum Gasteiger partial charge on any atom is 0.300 e. The summed E-state index contributed by atoms with van der Waals surface area (Å²) < 4.78 is 1.86. The topological polar surface area (TPSA) is 48.1 Å². The van der Waals surface area contributed by atoms with Crippen LogP contribution in [-0.2, 0) is 6.54 Å². The minimum atomic E-state index is -0.349. The highest BCUT2D eigenvalue weighted by Gasteiger charge is 2.16. The second kappa shape index (κ2) is 3.62. The average Bonchev–Trinajstić information content (AvgIpc) is 2.46. The molecule has 0 aliphatic carbocycles. The molecular weight excluding hydrogens is 176 g/mol. The predicted octanol–water partition coefficient (Wildman–Crippen LogP) is 2.14. The van der Waals surface area contributed by atoms with Crippen molar-refractivity contribution in [3.05, 3.63) is 22.4 Å². The van der Waals surface area contributed by atoms with Gasteiger partial charge < -0.3 is 4.57 Å². The molecule has 0 saturated carbocycles. The summed E-state index contributed by atoms with van der Waals surface area (Å²) in [6, 6.07) is 1.54. The summed E-state index contributed by atoms with van der Waals surface area (Å²) in [6.45, 7) is 2.73. The lowest BCUT2D eigenvalue weighted by molar-refractivity contribution is -0.387. The van der Waals surface area contributed by atoms with Crippen LogP contribution in [0.25, 0.3) is 0 Å². The highest BCUT2D eigenvalue weighted by atomic mass is 32.2. The average molecular weight is 186 g/mol. The smallest absolute Gasteiger partial charge is 0.300 e. The van der Waals surface area contributed by atoms with Gasteiger partial charge in [-0.15, -0.1) is 11.8 Å². The van der Waals surface area contributed by atoms with Crippen molar-refractivity contribution in [2.24, 2.45) is 0 Å². The highest BCUT2D eigenvalue weighted by Crippen LogP contribution is 2.28. The van der Waals surface area contributed by atoms with Gasteiger partial charge in [-0.3, -0.25) is 10.1 Å². The van der Waals surface area contributed by atoms with Gasteiger partial charge in [-0.25, -0.2) is 0 Å². The molecule has 1 aromatic heterocycles. The van der Waals surface area contributed by atoms with Gasteiger partial charge in [0.15, 0.2) is 5.03 Å². The Kier molecular flexibility index (Phi) is 2.75. The van der Waals surface area contributed by atoms with Crippen molar-refractivity contribution < 1.29 is 4.92 Å². The molecule has 0 aromatic carbocycles. The number of aryl methyl sites for hydroxylation is 1. The molecule has 12 heavy (non-hydrogen) atoms. The van der Waals surface area contributed by atoms with Crippen LogP contribution in [0.4, 0.5) is 5.69 Å². The Balaban J connectivity index is 3.13. The van der Waals surface area contributed by atoms with Crippen LogP contribution in [0.1, 0.15) is 6.92 Å². The number of hydrogen-bond donors (Lipinski definition) is 0. The van der Waals surface area contributed by atoms with Crippen LogP contribution in [0.5, 0.6) is 0 Å². The normalized spacial score (nSPS) is 10.2. The van der Waals surface area contributed by atoms with Crippen LogP contribution in [0.2, 0.25) is 0 Å². The van der Waals surface area contributed by atoms with Gasteiger partial charge in [0.2, 0.25) is 0 Å². The number of nitro groups is 1. The van der Waals surface area contributed by atoms with Gasteiger partial charge in [-0.2, -0.15) is 0 Å². The third kappa shape index (κ3) is 1.45. The van der Waals surface area contributed by atoms with Crippen LogP contribution in [0.3, 0.4) is 0 Å². The molecule has 0 fully saturated rings. The number of rotatable bonds is 3. The van der Waals surface area contributed by atoms with Crippen molar-refractivity contribution in [1.82, 2.24) is 4.57 Å². The zero-order valence-electron chi connectivity index (χ0n) is 6.98. The molecular formula is C7H10N2O2S. The van der Waals surface area contributed by atoms with Crippen LogP contribution in [-0.4, -0.2) is 15.7 Å². The summed E-state index contributed by atoms with van der Waals surface area (Å²) >= 11 is 1.40. The van der Waals surface area contributed by atoms with Crippen LogP contribution in [0.15, 0.2) is 17.3 Å². The molecule has 0 aliphatic heterocycles. The van der Waals surface area contributed by atoms with Gasteiger partial charge in [0.25, 0.3) is 0 Å². The van der Waals surface area contributed by atoms with E-state index in [0.717, 1.165) is 11.6 Å². The number of nitrogens with zero attached hydrogens (tertiary/aromatic N) is 2. The Morgan fingerprint density at radius 3 is 2.83 bits per heavy atom. The third-order valence-corrected chi connectivity index (χ3v) is 2.45. The van der Waals surface area contributed by atoms with Gasteiger partial charge in [0.05, 0.1) is 4.92 Å². The summed E-state index contributed by atoms with van der Waals surface area (Å²) in [6.07, 6.45) is 3.58. The molecule has 0 radical (unpaired) electrons. The Labute approximate surface area is 74.7 Å². The Hall–Kier alpha value is -0.970. The van der Waals surface area contributed by atoms with Gasteiger partial charge in [0.1, 0.15) is 0 Å². The molecule has 0 atom stereocenters. The van der Waals surface area contributed by atoms with E-state index in [0.29, 0.717) is 0 Å². The summed E-state index contributed by atoms with van der Waals surface area (Å²) in [5.74, 6) is 0. The van der Waals surface area contributed by atoms with E-state index >= 15 is 0 Å². The van der Waals surface area contributed by atoms with Crippen molar-refractivity contribution in [2.45, 2.75) is 18.5 Å². The molecule has 0 N–H and O–H groups in total. The third-order valence-electron chi connectivity index (χ3n) is 1.62. The van der Waals surface area contributed by atoms with Crippen LogP contribution >= 0.6 is 11.8 Å². The van der Waals surface area contributed by atoms with E-state index in [2.05, 4.69) is 0 Å². The standard InChI is InChI=1S/C7H10N2O2S/c1-3-8-5-4-6(9(10)11)7(8)12-2/h4-5H,3H2,1-2H3. The van der Waals surface area contributed by atoms with E-state index in [1.54, 1.807) is 6.20 Å². The number of aromatic nitrogens is 1. The van der Waals surface area contributed by atoms with Crippen LogP contribution < -0.4 is 0 Å². The SMILES string of the molecule is CCn1ccc([N+](=O)[O-])c1SC. The minimum Gasteiger partial charge on any atom is -0.337 e. The molecule has 0 saturated heterocycles. The fraction of sp³-hybridized carbons (Fsp3) is 0.429. The summed E-state index contributed by atoms with van der Waals surface area (Å²) in [5.41, 5.74) is 0.198. The van der Waals surface area contributed by atoms with Crippen molar-refractivity contribution >= 4 is 17.4 Å². The second-order valence-corrected chi connectivity index (χ2v) is 3.05. The fourth-order valence-electron chi connectivity index (χ4n) is 1.06. The van der Waals surface area contributed by atoms with Crippen molar-refractivity contribution in [3.8, 4) is 0 Å². The lowest BCUT2D eigenvalue weighted by Gasteiger charge is -2.00. The largest absolute Gasteiger partial charge is 0.337 e. The monoisotopic (exact) mass is 186 g/mol. The van der Waals surface area contributed by atoms with E-state index in [4.69, 9.17) is 0 Å². The first-order valence-electron chi connectivity index (χ1n) is 3.58. The number of hydrogen-bond acceptors (Lipinski definition) is 3. The molecule has 0 bridgehead atoms. The molecule has 0 spiro atoms. The molecule has 5 heteroatoms. The summed E-state index contributed by atoms with van der Waals surface area (Å²) in [4.78, 5) is 10.1. The molecule has 66 valence electrons. The first-order chi connectivity index (χ1) is 5.70. The zero-order chi connectivity index (χ0) is 9.14. The molecule has 0 unspecified atom stereocenters. The first kappa shape index (κ1) is 9.12. The zero-order valence-corrected chi connectivity index (χ0v) is 7.80. The van der Waals surface area contributed by atoms with Crippen molar-refractivity contribution in [1.29, 1.82) is 0 Å². The molecule has 1 heterocycles. The second-order valence-electron chi connectivity index (χ2n) is 2.25. The summed E-state index contributed by atoms with van der Waals surface area (Å²) in [5, 5.41) is 11.2. The minimum absolute atomic E-state index is 0.198. The first-order valence-corrected chi connectivity index (χ1v) is 4.80. The van der Waals surface area contributed by atoms with E-state index < -0.39 is 0 Å². The van der Waals surface area contributed by atoms with E-state index in [1.807, 2.05) is 17.7 Å². The van der Waals surface area contributed by atoms with Gasteiger partial charge >= 0.3 is 5.69 Å². The highest BCUT2D eigenvalue weighted by molar-refractivity contribution is 7.98. The lowest BCUT2D eigenvalue weighted by Crippen LogP contribution is -1.95. The maximum absolute atomic E-state index is 10.5. The molecule has 0 aliphatic rings. The van der Waals surface area contributed by atoms with Crippen molar-refractivity contribution in [2.75, 3.05) is 6.26 Å². The molecule has 0 amide bonds. The van der Waals surface area contributed by atoms with Gasteiger partial charge in [-0.05, 0) is 13.2 Å². The Morgan fingerprint density at radius 1 is 1.75 bits per heavy atom. The molecule has 1 rings (SSSR count). The van der Waals surface area contributed by atoms with E-state index in [1.165, 1.54) is 17.8 Å². The summed E-state index contributed by atoms with van der Waals surface area (Å²) in [7, 11) is 0. The van der Waals surface area contributed by atoms with E-state index in [9.17, 15) is 10.1 Å². The maximum atomic E-state index is 10.5. The molecule has 1 aromatic rings. The fourth-order valence-corrected chi connectivity index (χ4v) is 1.83. The number of thioether (sulfide) groups is 1.